The normalized spacial score (nSPS) is 12.2. The zero-order chi connectivity index (χ0) is 14.4. The third-order valence-corrected chi connectivity index (χ3v) is 4.10. The molecule has 4 heteroatoms. The van der Waals surface area contributed by atoms with Crippen molar-refractivity contribution in [1.82, 2.24) is 5.32 Å². The number of thiophene rings is 1. The van der Waals surface area contributed by atoms with Crippen molar-refractivity contribution in [2.75, 3.05) is 20.8 Å². The third-order valence-electron chi connectivity index (χ3n) is 3.17. The van der Waals surface area contributed by atoms with Gasteiger partial charge in [0, 0.05) is 4.88 Å². The van der Waals surface area contributed by atoms with E-state index in [1.54, 1.807) is 25.6 Å². The molecule has 1 aromatic heterocycles. The second-order valence-corrected chi connectivity index (χ2v) is 5.50. The lowest BCUT2D eigenvalue weighted by Gasteiger charge is -2.19. The van der Waals surface area contributed by atoms with Crippen molar-refractivity contribution in [2.45, 2.75) is 19.4 Å². The fourth-order valence-electron chi connectivity index (χ4n) is 2.16. The fourth-order valence-corrected chi connectivity index (χ4v) is 2.99. The number of methoxy groups -OCH3 is 2. The lowest BCUT2D eigenvalue weighted by molar-refractivity contribution is 0.354. The van der Waals surface area contributed by atoms with Crippen molar-refractivity contribution in [3.05, 3.63) is 46.2 Å². The van der Waals surface area contributed by atoms with Gasteiger partial charge in [-0.05, 0) is 42.1 Å². The van der Waals surface area contributed by atoms with Crippen molar-refractivity contribution in [2.24, 2.45) is 0 Å². The highest BCUT2D eigenvalue weighted by molar-refractivity contribution is 7.10. The second kappa shape index (κ2) is 7.31. The lowest BCUT2D eigenvalue weighted by atomic mass is 10.0. The monoisotopic (exact) mass is 291 g/mol. The fraction of sp³-hybridized carbons (Fsp3) is 0.375. The molecule has 3 nitrogen and oxygen atoms in total. The van der Waals surface area contributed by atoms with Gasteiger partial charge in [0.1, 0.15) is 0 Å². The molecule has 0 radical (unpaired) electrons. The minimum atomic E-state index is 0.203. The van der Waals surface area contributed by atoms with E-state index in [-0.39, 0.29) is 6.04 Å². The standard InChI is InChI=1S/C16H21NO2S/c1-4-9-17-16(15-6-5-10-20-15)12-7-8-13(18-2)14(11-12)19-3/h5-8,10-11,16-17H,4,9H2,1-3H3. The molecule has 0 bridgehead atoms. The lowest BCUT2D eigenvalue weighted by Crippen LogP contribution is -2.22. The molecule has 20 heavy (non-hydrogen) atoms. The Hall–Kier alpha value is -1.52. The number of benzene rings is 1. The molecule has 1 heterocycles. The van der Waals surface area contributed by atoms with Crippen LogP contribution in [0.15, 0.2) is 35.7 Å². The molecule has 0 aliphatic rings. The van der Waals surface area contributed by atoms with Crippen LogP contribution in [0.4, 0.5) is 0 Å². The molecule has 0 amide bonds. The largest absolute Gasteiger partial charge is 0.493 e. The van der Waals surface area contributed by atoms with Crippen molar-refractivity contribution < 1.29 is 9.47 Å². The maximum atomic E-state index is 5.40. The van der Waals surface area contributed by atoms with E-state index in [1.807, 2.05) is 12.1 Å². The van der Waals surface area contributed by atoms with E-state index in [9.17, 15) is 0 Å². The molecule has 1 unspecified atom stereocenters. The van der Waals surface area contributed by atoms with Gasteiger partial charge >= 0.3 is 0 Å². The van der Waals surface area contributed by atoms with Crippen LogP contribution in [-0.2, 0) is 0 Å². The van der Waals surface area contributed by atoms with Gasteiger partial charge in [-0.25, -0.2) is 0 Å². The summed E-state index contributed by atoms with van der Waals surface area (Å²) >= 11 is 1.77. The number of ether oxygens (including phenoxy) is 2. The summed E-state index contributed by atoms with van der Waals surface area (Å²) in [4.78, 5) is 1.31. The van der Waals surface area contributed by atoms with Gasteiger partial charge < -0.3 is 14.8 Å². The van der Waals surface area contributed by atoms with Crippen molar-refractivity contribution >= 4 is 11.3 Å². The van der Waals surface area contributed by atoms with E-state index < -0.39 is 0 Å². The van der Waals surface area contributed by atoms with E-state index in [4.69, 9.17) is 9.47 Å². The van der Waals surface area contributed by atoms with Gasteiger partial charge in [-0.1, -0.05) is 19.1 Å². The maximum Gasteiger partial charge on any atom is 0.161 e. The van der Waals surface area contributed by atoms with E-state index in [2.05, 4.69) is 35.8 Å². The maximum absolute atomic E-state index is 5.40. The Morgan fingerprint density at radius 3 is 2.55 bits per heavy atom. The molecule has 0 fully saturated rings. The Morgan fingerprint density at radius 2 is 1.95 bits per heavy atom. The number of nitrogens with one attached hydrogen (secondary N) is 1. The van der Waals surface area contributed by atoms with E-state index >= 15 is 0 Å². The van der Waals surface area contributed by atoms with Crippen molar-refractivity contribution in [3.63, 3.8) is 0 Å². The molecule has 2 rings (SSSR count). The summed E-state index contributed by atoms with van der Waals surface area (Å²) in [6, 6.07) is 10.5. The van der Waals surface area contributed by atoms with E-state index in [0.717, 1.165) is 24.5 Å². The van der Waals surface area contributed by atoms with Crippen LogP contribution in [0.3, 0.4) is 0 Å². The summed E-state index contributed by atoms with van der Waals surface area (Å²) in [5.74, 6) is 1.53. The van der Waals surface area contributed by atoms with Crippen LogP contribution in [0, 0.1) is 0 Å². The van der Waals surface area contributed by atoms with Crippen LogP contribution < -0.4 is 14.8 Å². The van der Waals surface area contributed by atoms with Gasteiger partial charge in [-0.15, -0.1) is 11.3 Å². The first-order valence-electron chi connectivity index (χ1n) is 6.78. The Morgan fingerprint density at radius 1 is 1.15 bits per heavy atom. The molecule has 1 N–H and O–H groups in total. The molecule has 108 valence electrons. The van der Waals surface area contributed by atoms with Gasteiger partial charge in [0.15, 0.2) is 11.5 Å². The molecule has 0 aliphatic carbocycles. The summed E-state index contributed by atoms with van der Waals surface area (Å²) < 4.78 is 10.7. The Balaban J connectivity index is 2.33. The van der Waals surface area contributed by atoms with Crippen LogP contribution in [0.2, 0.25) is 0 Å². The van der Waals surface area contributed by atoms with E-state index in [0.29, 0.717) is 0 Å². The second-order valence-electron chi connectivity index (χ2n) is 4.52. The van der Waals surface area contributed by atoms with Crippen LogP contribution in [0.1, 0.15) is 29.8 Å². The summed E-state index contributed by atoms with van der Waals surface area (Å²) in [7, 11) is 3.32. The van der Waals surface area contributed by atoms with E-state index in [1.165, 1.54) is 10.4 Å². The zero-order valence-corrected chi connectivity index (χ0v) is 13.0. The minimum Gasteiger partial charge on any atom is -0.493 e. The molecular formula is C16H21NO2S. The van der Waals surface area contributed by atoms with Gasteiger partial charge in [0.05, 0.1) is 20.3 Å². The zero-order valence-electron chi connectivity index (χ0n) is 12.2. The summed E-state index contributed by atoms with van der Waals surface area (Å²) in [6.07, 6.45) is 1.11. The molecular weight excluding hydrogens is 270 g/mol. The van der Waals surface area contributed by atoms with Crippen LogP contribution in [0.25, 0.3) is 0 Å². The van der Waals surface area contributed by atoms with Crippen LogP contribution in [0.5, 0.6) is 11.5 Å². The summed E-state index contributed by atoms with van der Waals surface area (Å²) in [6.45, 7) is 3.16. The quantitative estimate of drug-likeness (QED) is 0.840. The predicted molar refractivity (Wildman–Crippen MR) is 84.0 cm³/mol. The van der Waals surface area contributed by atoms with Gasteiger partial charge in [0.2, 0.25) is 0 Å². The average molecular weight is 291 g/mol. The smallest absolute Gasteiger partial charge is 0.161 e. The highest BCUT2D eigenvalue weighted by Crippen LogP contribution is 2.33. The predicted octanol–water partition coefficient (Wildman–Crippen LogP) is 3.85. The number of rotatable bonds is 7. The number of hydrogen-bond acceptors (Lipinski definition) is 4. The Labute approximate surface area is 124 Å². The minimum absolute atomic E-state index is 0.203. The average Bonchev–Trinajstić information content (AvgIpc) is 3.01. The SMILES string of the molecule is CCCNC(c1ccc(OC)c(OC)c1)c1cccs1. The summed E-state index contributed by atoms with van der Waals surface area (Å²) in [5.41, 5.74) is 1.19. The first-order chi connectivity index (χ1) is 9.80. The Kier molecular flexibility index (Phi) is 5.44. The number of hydrogen-bond donors (Lipinski definition) is 1. The van der Waals surface area contributed by atoms with Gasteiger partial charge in [-0.3, -0.25) is 0 Å². The van der Waals surface area contributed by atoms with Gasteiger partial charge in [-0.2, -0.15) is 0 Å². The molecule has 2 aromatic rings. The van der Waals surface area contributed by atoms with Crippen LogP contribution in [-0.4, -0.2) is 20.8 Å². The first kappa shape index (κ1) is 14.9. The molecule has 0 saturated heterocycles. The van der Waals surface area contributed by atoms with Crippen LogP contribution >= 0.6 is 11.3 Å². The first-order valence-corrected chi connectivity index (χ1v) is 7.66. The summed E-state index contributed by atoms with van der Waals surface area (Å²) in [5, 5.41) is 5.70. The third kappa shape index (κ3) is 3.32. The molecule has 0 saturated carbocycles. The topological polar surface area (TPSA) is 30.5 Å². The highest BCUT2D eigenvalue weighted by Gasteiger charge is 2.16. The van der Waals surface area contributed by atoms with Crippen molar-refractivity contribution in [1.29, 1.82) is 0 Å². The molecule has 0 spiro atoms. The highest BCUT2D eigenvalue weighted by atomic mass is 32.1. The molecule has 0 aliphatic heterocycles. The molecule has 1 aromatic carbocycles. The Bertz CT molecular complexity index is 525. The molecule has 1 atom stereocenters. The van der Waals surface area contributed by atoms with Crippen molar-refractivity contribution in [3.8, 4) is 11.5 Å². The van der Waals surface area contributed by atoms with Gasteiger partial charge in [0.25, 0.3) is 0 Å².